The molecule has 0 aromatic carbocycles. The first-order valence-corrected chi connectivity index (χ1v) is 7.41. The first-order valence-electron chi connectivity index (χ1n) is 7.41. The molecule has 1 aliphatic rings. The summed E-state index contributed by atoms with van der Waals surface area (Å²) in [6, 6.07) is 0.692. The Labute approximate surface area is 112 Å². The molecular weight excluding hydrogens is 224 g/mol. The van der Waals surface area contributed by atoms with E-state index < -0.39 is 0 Å². The SMILES string of the molecule is CC(C)(C)C1CCC(NCCCCC(N)=O)CC1. The molecule has 18 heavy (non-hydrogen) atoms. The van der Waals surface area contributed by atoms with E-state index in [4.69, 9.17) is 5.73 Å². The Kier molecular flexibility index (Phi) is 6.13. The van der Waals surface area contributed by atoms with Crippen LogP contribution >= 0.6 is 0 Å². The Hall–Kier alpha value is -0.570. The van der Waals surface area contributed by atoms with Gasteiger partial charge < -0.3 is 11.1 Å². The molecule has 1 rings (SSSR count). The average Bonchev–Trinajstić information content (AvgIpc) is 2.27. The van der Waals surface area contributed by atoms with E-state index in [0.717, 1.165) is 25.3 Å². The molecular formula is C15H30N2O. The van der Waals surface area contributed by atoms with E-state index in [1.54, 1.807) is 0 Å². The van der Waals surface area contributed by atoms with Gasteiger partial charge >= 0.3 is 0 Å². The summed E-state index contributed by atoms with van der Waals surface area (Å²) in [7, 11) is 0. The zero-order chi connectivity index (χ0) is 13.6. The fourth-order valence-corrected chi connectivity index (χ4v) is 2.89. The second kappa shape index (κ2) is 7.13. The van der Waals surface area contributed by atoms with E-state index in [0.29, 0.717) is 17.9 Å². The van der Waals surface area contributed by atoms with Crippen LogP contribution in [0.2, 0.25) is 0 Å². The van der Waals surface area contributed by atoms with Crippen molar-refractivity contribution < 1.29 is 4.79 Å². The van der Waals surface area contributed by atoms with Crippen molar-refractivity contribution in [3.05, 3.63) is 0 Å². The van der Waals surface area contributed by atoms with Crippen molar-refractivity contribution in [3.8, 4) is 0 Å². The molecule has 106 valence electrons. The van der Waals surface area contributed by atoms with Crippen LogP contribution in [-0.4, -0.2) is 18.5 Å². The molecule has 1 saturated carbocycles. The van der Waals surface area contributed by atoms with Gasteiger partial charge in [0, 0.05) is 12.5 Å². The molecule has 0 unspecified atom stereocenters. The van der Waals surface area contributed by atoms with Crippen LogP contribution in [0.15, 0.2) is 0 Å². The molecule has 3 heteroatoms. The van der Waals surface area contributed by atoms with E-state index in [9.17, 15) is 4.79 Å². The van der Waals surface area contributed by atoms with Gasteiger partial charge in [0.05, 0.1) is 0 Å². The summed E-state index contributed by atoms with van der Waals surface area (Å²) in [5, 5.41) is 3.62. The van der Waals surface area contributed by atoms with E-state index in [2.05, 4.69) is 26.1 Å². The molecule has 1 aliphatic carbocycles. The number of hydrogen-bond donors (Lipinski definition) is 2. The number of amides is 1. The lowest BCUT2D eigenvalue weighted by Gasteiger charge is -2.37. The highest BCUT2D eigenvalue weighted by Gasteiger charge is 2.29. The van der Waals surface area contributed by atoms with E-state index >= 15 is 0 Å². The normalized spacial score (nSPS) is 25.1. The zero-order valence-corrected chi connectivity index (χ0v) is 12.3. The third-order valence-corrected chi connectivity index (χ3v) is 4.23. The van der Waals surface area contributed by atoms with Gasteiger partial charge in [0.2, 0.25) is 5.91 Å². The second-order valence-corrected chi connectivity index (χ2v) is 6.79. The van der Waals surface area contributed by atoms with Crippen LogP contribution in [0.3, 0.4) is 0 Å². The highest BCUT2D eigenvalue weighted by molar-refractivity contribution is 5.73. The molecule has 0 atom stereocenters. The standard InChI is InChI=1S/C15H30N2O/c1-15(2,3)12-7-9-13(10-8-12)17-11-5-4-6-14(16)18/h12-13,17H,4-11H2,1-3H3,(H2,16,18). The van der Waals surface area contributed by atoms with E-state index in [1.165, 1.54) is 25.7 Å². The maximum atomic E-state index is 10.6. The molecule has 0 heterocycles. The molecule has 1 fully saturated rings. The van der Waals surface area contributed by atoms with Gasteiger partial charge in [-0.05, 0) is 56.4 Å². The summed E-state index contributed by atoms with van der Waals surface area (Å²) >= 11 is 0. The maximum Gasteiger partial charge on any atom is 0.217 e. The monoisotopic (exact) mass is 254 g/mol. The smallest absolute Gasteiger partial charge is 0.217 e. The summed E-state index contributed by atoms with van der Waals surface area (Å²) < 4.78 is 0. The fraction of sp³-hybridized carbons (Fsp3) is 0.933. The third-order valence-electron chi connectivity index (χ3n) is 4.23. The Bertz CT molecular complexity index is 250. The van der Waals surface area contributed by atoms with E-state index in [1.807, 2.05) is 0 Å². The lowest BCUT2D eigenvalue weighted by molar-refractivity contribution is -0.118. The van der Waals surface area contributed by atoms with Crippen LogP contribution < -0.4 is 11.1 Å². The van der Waals surface area contributed by atoms with Gasteiger partial charge in [-0.25, -0.2) is 0 Å². The molecule has 3 nitrogen and oxygen atoms in total. The summed E-state index contributed by atoms with van der Waals surface area (Å²) in [6.07, 6.45) is 7.81. The maximum absolute atomic E-state index is 10.6. The van der Waals surface area contributed by atoms with Gasteiger partial charge in [-0.2, -0.15) is 0 Å². The van der Waals surface area contributed by atoms with Crippen molar-refractivity contribution >= 4 is 5.91 Å². The van der Waals surface area contributed by atoms with Crippen LogP contribution in [0.4, 0.5) is 0 Å². The topological polar surface area (TPSA) is 55.1 Å². The number of hydrogen-bond acceptors (Lipinski definition) is 2. The van der Waals surface area contributed by atoms with E-state index in [-0.39, 0.29) is 5.91 Å². The largest absolute Gasteiger partial charge is 0.370 e. The quantitative estimate of drug-likeness (QED) is 0.716. The Morgan fingerprint density at radius 2 is 1.78 bits per heavy atom. The summed E-state index contributed by atoms with van der Waals surface area (Å²) in [5.74, 6) is 0.700. The van der Waals surface area contributed by atoms with Gasteiger partial charge in [0.1, 0.15) is 0 Å². The van der Waals surface area contributed by atoms with Gasteiger partial charge in [-0.3, -0.25) is 4.79 Å². The Morgan fingerprint density at radius 1 is 1.17 bits per heavy atom. The average molecular weight is 254 g/mol. The van der Waals surface area contributed by atoms with Crippen LogP contribution in [0, 0.1) is 11.3 Å². The van der Waals surface area contributed by atoms with Crippen LogP contribution in [0.5, 0.6) is 0 Å². The molecule has 0 spiro atoms. The number of unbranched alkanes of at least 4 members (excludes halogenated alkanes) is 1. The summed E-state index contributed by atoms with van der Waals surface area (Å²) in [4.78, 5) is 10.6. The number of carbonyl (C=O) groups is 1. The van der Waals surface area contributed by atoms with Crippen LogP contribution in [-0.2, 0) is 4.79 Å². The molecule has 0 radical (unpaired) electrons. The predicted octanol–water partition coefficient (Wildman–Crippen LogP) is 2.84. The van der Waals surface area contributed by atoms with Crippen molar-refractivity contribution in [3.63, 3.8) is 0 Å². The van der Waals surface area contributed by atoms with Crippen LogP contribution in [0.1, 0.15) is 65.7 Å². The van der Waals surface area contributed by atoms with Gasteiger partial charge in [-0.1, -0.05) is 20.8 Å². The predicted molar refractivity (Wildman–Crippen MR) is 76.2 cm³/mol. The van der Waals surface area contributed by atoms with Gasteiger partial charge in [0.25, 0.3) is 0 Å². The molecule has 1 amide bonds. The van der Waals surface area contributed by atoms with Gasteiger partial charge in [-0.15, -0.1) is 0 Å². The zero-order valence-electron chi connectivity index (χ0n) is 12.3. The minimum absolute atomic E-state index is 0.180. The fourth-order valence-electron chi connectivity index (χ4n) is 2.89. The van der Waals surface area contributed by atoms with Crippen molar-refractivity contribution in [2.24, 2.45) is 17.1 Å². The minimum Gasteiger partial charge on any atom is -0.370 e. The summed E-state index contributed by atoms with van der Waals surface area (Å²) in [6.45, 7) is 8.10. The first-order chi connectivity index (χ1) is 8.39. The number of carbonyl (C=O) groups excluding carboxylic acids is 1. The van der Waals surface area contributed by atoms with Crippen molar-refractivity contribution in [1.82, 2.24) is 5.32 Å². The first kappa shape index (κ1) is 15.5. The third kappa shape index (κ3) is 5.85. The van der Waals surface area contributed by atoms with Crippen molar-refractivity contribution in [1.29, 1.82) is 0 Å². The Morgan fingerprint density at radius 3 is 2.28 bits per heavy atom. The molecule has 0 bridgehead atoms. The minimum atomic E-state index is -0.180. The number of nitrogens with one attached hydrogen (secondary N) is 1. The molecule has 0 aromatic heterocycles. The highest BCUT2D eigenvalue weighted by atomic mass is 16.1. The molecule has 0 aliphatic heterocycles. The second-order valence-electron chi connectivity index (χ2n) is 6.79. The lowest BCUT2D eigenvalue weighted by atomic mass is 9.71. The molecule has 0 saturated heterocycles. The van der Waals surface area contributed by atoms with Crippen LogP contribution in [0.25, 0.3) is 0 Å². The Balaban J connectivity index is 2.07. The summed E-state index contributed by atoms with van der Waals surface area (Å²) in [5.41, 5.74) is 5.58. The lowest BCUT2D eigenvalue weighted by Crippen LogP contribution is -2.36. The molecule has 0 aromatic rings. The number of rotatable bonds is 6. The van der Waals surface area contributed by atoms with Crippen molar-refractivity contribution in [2.75, 3.05) is 6.54 Å². The molecule has 3 N–H and O–H groups in total. The van der Waals surface area contributed by atoms with Crippen molar-refractivity contribution in [2.45, 2.75) is 71.8 Å². The number of nitrogens with two attached hydrogens (primary N) is 1. The van der Waals surface area contributed by atoms with Gasteiger partial charge in [0.15, 0.2) is 0 Å². The highest BCUT2D eigenvalue weighted by Crippen LogP contribution is 2.37. The number of primary amides is 1.